The minimum Gasteiger partial charge on any atom is -0.375 e. The van der Waals surface area contributed by atoms with Crippen molar-refractivity contribution in [3.05, 3.63) is 42.2 Å². The molecule has 0 aliphatic rings. The number of nitrogens with zero attached hydrogens (tertiary/aromatic N) is 2. The molecule has 0 spiro atoms. The molecular weight excluding hydrogens is 266 g/mol. The number of hydrogen-bond donors (Lipinski definition) is 1. The number of rotatable bonds is 6. The number of allylic oxidation sites excluding steroid dienone is 1. The average molecular weight is 287 g/mol. The number of benzene rings is 1. The minimum atomic E-state index is -0.195. The van der Waals surface area contributed by atoms with Crippen LogP contribution in [0.25, 0.3) is 11.0 Å². The van der Waals surface area contributed by atoms with Crippen LogP contribution in [0.5, 0.6) is 0 Å². The van der Waals surface area contributed by atoms with E-state index in [2.05, 4.69) is 21.4 Å². The SMILES string of the molecule is C=C(C)Cn1c([C@@H](C)NC(=O)COC)nc2ccccc21. The number of amides is 1. The van der Waals surface area contributed by atoms with Crippen molar-refractivity contribution in [2.24, 2.45) is 0 Å². The Morgan fingerprint density at radius 2 is 2.19 bits per heavy atom. The molecule has 2 rings (SSSR count). The van der Waals surface area contributed by atoms with Crippen LogP contribution in [0.3, 0.4) is 0 Å². The molecule has 0 aliphatic heterocycles. The van der Waals surface area contributed by atoms with Crippen LogP contribution < -0.4 is 5.32 Å². The van der Waals surface area contributed by atoms with E-state index in [4.69, 9.17) is 4.74 Å². The number of carbonyl (C=O) groups excluding carboxylic acids is 1. The molecule has 5 nitrogen and oxygen atoms in total. The van der Waals surface area contributed by atoms with Gasteiger partial charge in [-0.1, -0.05) is 24.3 Å². The van der Waals surface area contributed by atoms with Crippen LogP contribution in [0.15, 0.2) is 36.4 Å². The highest BCUT2D eigenvalue weighted by Crippen LogP contribution is 2.21. The summed E-state index contributed by atoms with van der Waals surface area (Å²) >= 11 is 0. The largest absolute Gasteiger partial charge is 0.375 e. The summed E-state index contributed by atoms with van der Waals surface area (Å²) in [6.07, 6.45) is 0. The highest BCUT2D eigenvalue weighted by atomic mass is 16.5. The van der Waals surface area contributed by atoms with Crippen LogP contribution in [0.4, 0.5) is 0 Å². The van der Waals surface area contributed by atoms with Crippen LogP contribution in [0.2, 0.25) is 0 Å². The van der Waals surface area contributed by atoms with Crippen LogP contribution in [-0.4, -0.2) is 29.2 Å². The Morgan fingerprint density at radius 3 is 2.86 bits per heavy atom. The minimum absolute atomic E-state index is 0.0467. The van der Waals surface area contributed by atoms with Gasteiger partial charge in [-0.25, -0.2) is 4.98 Å². The van der Waals surface area contributed by atoms with E-state index in [0.29, 0.717) is 6.54 Å². The summed E-state index contributed by atoms with van der Waals surface area (Å²) < 4.78 is 6.93. The fraction of sp³-hybridized carbons (Fsp3) is 0.375. The number of nitrogens with one attached hydrogen (secondary N) is 1. The molecule has 0 bridgehead atoms. The maximum absolute atomic E-state index is 11.7. The lowest BCUT2D eigenvalue weighted by Gasteiger charge is -2.16. The summed E-state index contributed by atoms with van der Waals surface area (Å²) in [5.41, 5.74) is 3.00. The van der Waals surface area contributed by atoms with Gasteiger partial charge < -0.3 is 14.6 Å². The van der Waals surface area contributed by atoms with Gasteiger partial charge >= 0.3 is 0 Å². The topological polar surface area (TPSA) is 56.2 Å². The third kappa shape index (κ3) is 3.49. The number of methoxy groups -OCH3 is 1. The average Bonchev–Trinajstić information content (AvgIpc) is 2.77. The maximum Gasteiger partial charge on any atom is 0.246 e. The first-order valence-corrected chi connectivity index (χ1v) is 6.90. The lowest BCUT2D eigenvalue weighted by molar-refractivity contribution is -0.125. The normalized spacial score (nSPS) is 12.3. The van der Waals surface area contributed by atoms with E-state index < -0.39 is 0 Å². The molecule has 1 N–H and O–H groups in total. The molecule has 2 aromatic rings. The van der Waals surface area contributed by atoms with Crippen molar-refractivity contribution in [3.63, 3.8) is 0 Å². The molecule has 5 heteroatoms. The lowest BCUT2D eigenvalue weighted by Crippen LogP contribution is -2.31. The summed E-state index contributed by atoms with van der Waals surface area (Å²) in [6.45, 7) is 8.60. The van der Waals surface area contributed by atoms with Crippen molar-refractivity contribution in [3.8, 4) is 0 Å². The molecule has 0 unspecified atom stereocenters. The first-order valence-electron chi connectivity index (χ1n) is 6.90. The van der Waals surface area contributed by atoms with E-state index in [9.17, 15) is 4.79 Å². The fourth-order valence-electron chi connectivity index (χ4n) is 2.34. The fourth-order valence-corrected chi connectivity index (χ4v) is 2.34. The Kier molecular flexibility index (Phi) is 4.75. The summed E-state index contributed by atoms with van der Waals surface area (Å²) in [7, 11) is 1.50. The molecule has 21 heavy (non-hydrogen) atoms. The molecule has 1 aromatic carbocycles. The number of ether oxygens (including phenoxy) is 1. The Morgan fingerprint density at radius 1 is 1.48 bits per heavy atom. The predicted octanol–water partition coefficient (Wildman–Crippen LogP) is 2.44. The van der Waals surface area contributed by atoms with Gasteiger partial charge in [-0.3, -0.25) is 4.79 Å². The molecule has 0 aliphatic carbocycles. The Balaban J connectivity index is 2.37. The number of aromatic nitrogens is 2. The van der Waals surface area contributed by atoms with E-state index in [-0.39, 0.29) is 18.6 Å². The van der Waals surface area contributed by atoms with Gasteiger partial charge in [-0.05, 0) is 26.0 Å². The molecule has 0 saturated carbocycles. The molecule has 0 saturated heterocycles. The van der Waals surface area contributed by atoms with Crippen molar-refractivity contribution in [2.75, 3.05) is 13.7 Å². The summed E-state index contributed by atoms with van der Waals surface area (Å²) in [5, 5.41) is 2.89. The second-order valence-corrected chi connectivity index (χ2v) is 5.22. The van der Waals surface area contributed by atoms with Crippen LogP contribution in [0.1, 0.15) is 25.7 Å². The molecule has 1 amide bonds. The third-order valence-electron chi connectivity index (χ3n) is 3.15. The van der Waals surface area contributed by atoms with Gasteiger partial charge in [0, 0.05) is 13.7 Å². The number of imidazole rings is 1. The smallest absolute Gasteiger partial charge is 0.246 e. The van der Waals surface area contributed by atoms with E-state index in [1.54, 1.807) is 0 Å². The first-order chi connectivity index (χ1) is 10.0. The molecule has 1 aromatic heterocycles. The molecular formula is C16H21N3O2. The van der Waals surface area contributed by atoms with Gasteiger partial charge in [-0.2, -0.15) is 0 Å². The van der Waals surface area contributed by atoms with E-state index in [0.717, 1.165) is 22.4 Å². The van der Waals surface area contributed by atoms with Gasteiger partial charge in [0.1, 0.15) is 12.4 Å². The second kappa shape index (κ2) is 6.54. The van der Waals surface area contributed by atoms with Gasteiger partial charge in [0.25, 0.3) is 0 Å². The Bertz CT molecular complexity index is 661. The van der Waals surface area contributed by atoms with Gasteiger partial charge in [0.15, 0.2) is 0 Å². The summed E-state index contributed by atoms with van der Waals surface area (Å²) in [5.74, 6) is 0.669. The van der Waals surface area contributed by atoms with E-state index in [1.807, 2.05) is 38.1 Å². The lowest BCUT2D eigenvalue weighted by atomic mass is 10.2. The zero-order valence-electron chi connectivity index (χ0n) is 12.7. The van der Waals surface area contributed by atoms with Crippen molar-refractivity contribution in [1.82, 2.24) is 14.9 Å². The van der Waals surface area contributed by atoms with Crippen molar-refractivity contribution in [2.45, 2.75) is 26.4 Å². The van der Waals surface area contributed by atoms with E-state index >= 15 is 0 Å². The number of hydrogen-bond acceptors (Lipinski definition) is 3. The maximum atomic E-state index is 11.7. The second-order valence-electron chi connectivity index (χ2n) is 5.22. The molecule has 0 fully saturated rings. The highest BCUT2D eigenvalue weighted by Gasteiger charge is 2.18. The number of para-hydroxylation sites is 2. The predicted molar refractivity (Wildman–Crippen MR) is 83.0 cm³/mol. The quantitative estimate of drug-likeness (QED) is 0.830. The third-order valence-corrected chi connectivity index (χ3v) is 3.15. The number of fused-ring (bicyclic) bond motifs is 1. The number of carbonyl (C=O) groups is 1. The summed E-state index contributed by atoms with van der Waals surface area (Å²) in [4.78, 5) is 16.3. The van der Waals surface area contributed by atoms with Gasteiger partial charge in [-0.15, -0.1) is 0 Å². The molecule has 112 valence electrons. The van der Waals surface area contributed by atoms with Gasteiger partial charge in [0.2, 0.25) is 5.91 Å². The Labute approximate surface area is 124 Å². The standard InChI is InChI=1S/C16H21N3O2/c1-11(2)9-19-14-8-6-5-7-13(14)18-16(19)12(3)17-15(20)10-21-4/h5-8,12H,1,9-10H2,2-4H3,(H,17,20)/t12-/m1/s1. The summed E-state index contributed by atoms with van der Waals surface area (Å²) in [6, 6.07) is 7.74. The van der Waals surface area contributed by atoms with Crippen LogP contribution >= 0.6 is 0 Å². The molecule has 0 radical (unpaired) electrons. The molecule has 1 atom stereocenters. The van der Waals surface area contributed by atoms with Crippen LogP contribution in [0, 0.1) is 0 Å². The zero-order valence-corrected chi connectivity index (χ0v) is 12.7. The first kappa shape index (κ1) is 15.3. The monoisotopic (exact) mass is 287 g/mol. The van der Waals surface area contributed by atoms with Crippen molar-refractivity contribution in [1.29, 1.82) is 0 Å². The van der Waals surface area contributed by atoms with Crippen LogP contribution in [-0.2, 0) is 16.1 Å². The van der Waals surface area contributed by atoms with Crippen molar-refractivity contribution < 1.29 is 9.53 Å². The zero-order chi connectivity index (χ0) is 15.4. The molecule has 1 heterocycles. The highest BCUT2D eigenvalue weighted by molar-refractivity contribution is 5.78. The van der Waals surface area contributed by atoms with E-state index in [1.165, 1.54) is 7.11 Å². The van der Waals surface area contributed by atoms with Gasteiger partial charge in [0.05, 0.1) is 17.1 Å². The van der Waals surface area contributed by atoms with Crippen molar-refractivity contribution >= 4 is 16.9 Å². The Hall–Kier alpha value is -2.14.